The van der Waals surface area contributed by atoms with Gasteiger partial charge in [-0.2, -0.15) is 0 Å². The lowest BCUT2D eigenvalue weighted by Gasteiger charge is -2.25. The Balaban J connectivity index is 1.25. The van der Waals surface area contributed by atoms with E-state index in [0.717, 1.165) is 23.0 Å². The van der Waals surface area contributed by atoms with E-state index in [1.165, 1.54) is 6.07 Å². The molecule has 2 aromatic carbocycles. The van der Waals surface area contributed by atoms with Gasteiger partial charge >= 0.3 is 0 Å². The van der Waals surface area contributed by atoms with Gasteiger partial charge in [0.15, 0.2) is 0 Å². The molecule has 0 unspecified atom stereocenters. The third kappa shape index (κ3) is 4.01. The number of aliphatic hydroxyl groups is 1. The number of fused-ring (bicyclic) bond motifs is 1. The molecule has 9 heteroatoms. The van der Waals surface area contributed by atoms with E-state index in [-0.39, 0.29) is 23.3 Å². The number of benzene rings is 2. The number of rotatable bonds is 5. The van der Waals surface area contributed by atoms with Crippen LogP contribution >= 0.6 is 0 Å². The van der Waals surface area contributed by atoms with E-state index in [1.54, 1.807) is 36.0 Å². The molecule has 37 heavy (non-hydrogen) atoms. The van der Waals surface area contributed by atoms with Gasteiger partial charge in [0.25, 0.3) is 11.8 Å². The number of hydrogen-bond donors (Lipinski definition) is 1. The van der Waals surface area contributed by atoms with Crippen molar-refractivity contribution in [3.63, 3.8) is 0 Å². The Morgan fingerprint density at radius 3 is 2.62 bits per heavy atom. The van der Waals surface area contributed by atoms with E-state index in [0.29, 0.717) is 43.9 Å². The number of halogens is 1. The van der Waals surface area contributed by atoms with Crippen LogP contribution in [0.3, 0.4) is 0 Å². The number of nitrogens with zero attached hydrogens (tertiary/aromatic N) is 5. The summed E-state index contributed by atoms with van der Waals surface area (Å²) in [6.45, 7) is 4.83. The maximum atomic E-state index is 15.6. The van der Waals surface area contributed by atoms with Crippen molar-refractivity contribution in [2.75, 3.05) is 19.6 Å². The van der Waals surface area contributed by atoms with Gasteiger partial charge in [0.2, 0.25) is 0 Å². The number of imidazole rings is 1. The Morgan fingerprint density at radius 1 is 1.16 bits per heavy atom. The quantitative estimate of drug-likeness (QED) is 0.579. The number of amides is 2. The zero-order valence-electron chi connectivity index (χ0n) is 21.2. The van der Waals surface area contributed by atoms with Crippen LogP contribution in [0.15, 0.2) is 47.7 Å². The minimum atomic E-state index is -1.20. The summed E-state index contributed by atoms with van der Waals surface area (Å²) in [4.78, 5) is 38.1. The highest BCUT2D eigenvalue weighted by molar-refractivity contribution is 6.15. The van der Waals surface area contributed by atoms with Gasteiger partial charge in [0, 0.05) is 26.7 Å². The summed E-state index contributed by atoms with van der Waals surface area (Å²) in [7, 11) is 1.93. The summed E-state index contributed by atoms with van der Waals surface area (Å²) in [6.07, 6.45) is 3.48. The molecule has 1 atom stereocenters. The van der Waals surface area contributed by atoms with Crippen molar-refractivity contribution in [3.05, 3.63) is 54.1 Å². The second-order valence-electron chi connectivity index (χ2n) is 11.1. The van der Waals surface area contributed by atoms with E-state index >= 15 is 4.39 Å². The first kappa shape index (κ1) is 23.8. The summed E-state index contributed by atoms with van der Waals surface area (Å²) in [5, 5.41) is 10.2. The fourth-order valence-corrected chi connectivity index (χ4v) is 5.42. The summed E-state index contributed by atoms with van der Waals surface area (Å²) < 4.78 is 17.5. The van der Waals surface area contributed by atoms with Gasteiger partial charge in [-0.05, 0) is 74.4 Å². The molecule has 0 bridgehead atoms. The summed E-state index contributed by atoms with van der Waals surface area (Å²) in [6, 6.07) is 10.8. The Bertz CT molecular complexity index is 1470. The second-order valence-corrected chi connectivity index (χ2v) is 11.1. The number of aryl methyl sites for hydroxylation is 1. The summed E-state index contributed by atoms with van der Waals surface area (Å²) >= 11 is 0. The third-order valence-electron chi connectivity index (χ3n) is 7.81. The lowest BCUT2D eigenvalue weighted by Crippen LogP contribution is -2.43. The Kier molecular flexibility index (Phi) is 5.28. The zero-order valence-corrected chi connectivity index (χ0v) is 21.2. The first-order valence-electron chi connectivity index (χ1n) is 12.7. The molecule has 3 heterocycles. The number of carbonyl (C=O) groups is 2. The van der Waals surface area contributed by atoms with E-state index in [9.17, 15) is 14.7 Å². The topological polar surface area (TPSA) is 91.0 Å². The van der Waals surface area contributed by atoms with E-state index < -0.39 is 17.0 Å². The van der Waals surface area contributed by atoms with Crippen LogP contribution in [0.1, 0.15) is 38.7 Å². The molecule has 2 amide bonds. The molecule has 2 aliphatic heterocycles. The van der Waals surface area contributed by atoms with Gasteiger partial charge in [-0.15, -0.1) is 0 Å². The summed E-state index contributed by atoms with van der Waals surface area (Å²) in [5.74, 6) is -0.502. The maximum Gasteiger partial charge on any atom is 0.255 e. The molecule has 1 saturated carbocycles. The molecule has 3 aliphatic rings. The zero-order chi connectivity index (χ0) is 26.1. The number of hydrogen-bond acceptors (Lipinski definition) is 5. The van der Waals surface area contributed by atoms with Crippen LogP contribution in [0.5, 0.6) is 0 Å². The van der Waals surface area contributed by atoms with Gasteiger partial charge in [-0.25, -0.2) is 9.37 Å². The lowest BCUT2D eigenvalue weighted by atomic mass is 10.0. The van der Waals surface area contributed by atoms with Crippen molar-refractivity contribution >= 4 is 28.7 Å². The van der Waals surface area contributed by atoms with Crippen LogP contribution in [-0.2, 0) is 16.6 Å². The van der Waals surface area contributed by atoms with Crippen molar-refractivity contribution in [1.82, 2.24) is 19.4 Å². The minimum Gasteiger partial charge on any atom is -0.380 e. The van der Waals surface area contributed by atoms with Crippen LogP contribution in [0.25, 0.3) is 22.2 Å². The average Bonchev–Trinajstić information content (AvgIpc) is 3.19. The van der Waals surface area contributed by atoms with Gasteiger partial charge in [-0.3, -0.25) is 19.5 Å². The lowest BCUT2D eigenvalue weighted by molar-refractivity contribution is -0.141. The SMILES string of the molecule is Cn1cnc2cc(-c3ccc(C4=NC(C)(C)C(=O)N4C[C@@H]4CCN(C(=O)C5(O)CC5)C4)c(F)c3)ccc21. The molecule has 1 aliphatic carbocycles. The van der Waals surface area contributed by atoms with Crippen LogP contribution in [0, 0.1) is 11.7 Å². The third-order valence-corrected chi connectivity index (χ3v) is 7.81. The Hall–Kier alpha value is -3.59. The number of aliphatic imine (C=N–C) groups is 1. The van der Waals surface area contributed by atoms with Crippen LogP contribution in [0.4, 0.5) is 4.39 Å². The Morgan fingerprint density at radius 2 is 1.89 bits per heavy atom. The summed E-state index contributed by atoms with van der Waals surface area (Å²) in [5.41, 5.74) is 1.48. The second kappa shape index (κ2) is 8.21. The predicted molar refractivity (Wildman–Crippen MR) is 137 cm³/mol. The molecule has 1 aromatic heterocycles. The largest absolute Gasteiger partial charge is 0.380 e. The first-order chi connectivity index (χ1) is 17.6. The van der Waals surface area contributed by atoms with Crippen molar-refractivity contribution < 1.29 is 19.1 Å². The highest BCUT2D eigenvalue weighted by atomic mass is 19.1. The molecule has 0 radical (unpaired) electrons. The molecule has 2 fully saturated rings. The molecular formula is C28H30FN5O3. The fraction of sp³-hybridized carbons (Fsp3) is 0.429. The molecule has 3 aromatic rings. The normalized spacial score (nSPS) is 22.1. The molecule has 0 spiro atoms. The van der Waals surface area contributed by atoms with E-state index in [4.69, 9.17) is 0 Å². The highest BCUT2D eigenvalue weighted by Crippen LogP contribution is 2.38. The first-order valence-corrected chi connectivity index (χ1v) is 12.7. The van der Waals surface area contributed by atoms with Gasteiger partial charge in [0.1, 0.15) is 22.8 Å². The average molecular weight is 504 g/mol. The molecular weight excluding hydrogens is 473 g/mol. The van der Waals surface area contributed by atoms with Crippen LogP contribution in [0.2, 0.25) is 0 Å². The molecule has 6 rings (SSSR count). The van der Waals surface area contributed by atoms with Crippen LogP contribution < -0.4 is 0 Å². The van der Waals surface area contributed by atoms with E-state index in [1.807, 2.05) is 35.9 Å². The minimum absolute atomic E-state index is 0.0294. The van der Waals surface area contributed by atoms with Crippen molar-refractivity contribution in [1.29, 1.82) is 0 Å². The number of aromatic nitrogens is 2. The molecule has 1 N–H and O–H groups in total. The Labute approximate surface area is 214 Å². The fourth-order valence-electron chi connectivity index (χ4n) is 5.42. The molecule has 8 nitrogen and oxygen atoms in total. The van der Waals surface area contributed by atoms with Crippen LogP contribution in [-0.4, -0.2) is 72.9 Å². The molecule has 192 valence electrons. The van der Waals surface area contributed by atoms with Crippen molar-refractivity contribution in [3.8, 4) is 11.1 Å². The van der Waals surface area contributed by atoms with Gasteiger partial charge < -0.3 is 14.6 Å². The number of amidine groups is 1. The van der Waals surface area contributed by atoms with Gasteiger partial charge in [-0.1, -0.05) is 12.1 Å². The number of carbonyl (C=O) groups excluding carboxylic acids is 2. The van der Waals surface area contributed by atoms with E-state index in [2.05, 4.69) is 9.98 Å². The predicted octanol–water partition coefficient (Wildman–Crippen LogP) is 3.12. The number of likely N-dealkylation sites (tertiary alicyclic amines) is 1. The smallest absolute Gasteiger partial charge is 0.255 e. The van der Waals surface area contributed by atoms with Crippen molar-refractivity contribution in [2.24, 2.45) is 18.0 Å². The van der Waals surface area contributed by atoms with Gasteiger partial charge in [0.05, 0.1) is 22.9 Å². The van der Waals surface area contributed by atoms with Crippen molar-refractivity contribution in [2.45, 2.75) is 44.2 Å². The standard InChI is InChI=1S/C28H30FN5O3/c1-27(2)25(35)34(15-17-8-11-33(14-17)26(36)28(37)9-10-28)24(31-27)20-6-4-18(12-21(20)29)19-5-7-23-22(13-19)30-16-32(23)3/h4-7,12-13,16-17,37H,8-11,14-15H2,1-3H3/t17-/m1/s1. The maximum absolute atomic E-state index is 15.6. The molecule has 1 saturated heterocycles. The highest BCUT2D eigenvalue weighted by Gasteiger charge is 2.51. The monoisotopic (exact) mass is 503 g/mol.